The predicted octanol–water partition coefficient (Wildman–Crippen LogP) is -1.98. The van der Waals surface area contributed by atoms with Gasteiger partial charge in [0.15, 0.2) is 11.5 Å². The quantitative estimate of drug-likeness (QED) is 0.279. The molecule has 6 heteroatoms. The van der Waals surface area contributed by atoms with E-state index in [1.165, 1.54) is 0 Å². The van der Waals surface area contributed by atoms with Crippen LogP contribution in [0.1, 0.15) is 0 Å². The van der Waals surface area contributed by atoms with Crippen LogP contribution in [0.4, 0.5) is 0 Å². The van der Waals surface area contributed by atoms with Gasteiger partial charge in [-0.2, -0.15) is 0 Å². The highest BCUT2D eigenvalue weighted by Crippen LogP contribution is 2.06. The van der Waals surface area contributed by atoms with Crippen molar-refractivity contribution in [1.82, 2.24) is 0 Å². The number of hydrogen-bond acceptors (Lipinski definition) is 6. The summed E-state index contributed by atoms with van der Waals surface area (Å²) in [6.45, 7) is -1.61. The van der Waals surface area contributed by atoms with Gasteiger partial charge >= 0.3 is 0 Å². The van der Waals surface area contributed by atoms with Crippen molar-refractivity contribution in [2.75, 3.05) is 13.2 Å². The van der Waals surface area contributed by atoms with Crippen molar-refractivity contribution in [1.29, 1.82) is 0 Å². The molecule has 2 unspecified atom stereocenters. The highest BCUT2D eigenvalue weighted by Gasteiger charge is 2.22. The zero-order chi connectivity index (χ0) is 9.72. The summed E-state index contributed by atoms with van der Waals surface area (Å²) in [5.74, 6) is -1.78. The standard InChI is InChI=1S/C6H12O6/c7-1-3(9)5(11)6(12)4(10)2-8/h3,5,7-12H,1-2H2/b6-4+. The van der Waals surface area contributed by atoms with Gasteiger partial charge in [-0.15, -0.1) is 0 Å². The third-order valence-corrected chi connectivity index (χ3v) is 1.28. The van der Waals surface area contributed by atoms with Crippen LogP contribution in [0.25, 0.3) is 0 Å². The molecule has 0 aromatic heterocycles. The van der Waals surface area contributed by atoms with Gasteiger partial charge in [0.2, 0.25) is 0 Å². The van der Waals surface area contributed by atoms with Crippen molar-refractivity contribution in [3.8, 4) is 0 Å². The molecule has 0 radical (unpaired) electrons. The smallest absolute Gasteiger partial charge is 0.164 e. The Morgan fingerprint density at radius 3 is 1.92 bits per heavy atom. The SMILES string of the molecule is OC/C(O)=C(\O)C(O)C(O)CO. The normalized spacial score (nSPS) is 18.3. The van der Waals surface area contributed by atoms with Crippen LogP contribution in [-0.2, 0) is 0 Å². The van der Waals surface area contributed by atoms with Crippen LogP contribution in [0.5, 0.6) is 0 Å². The summed E-state index contributed by atoms with van der Waals surface area (Å²) < 4.78 is 0. The Labute approximate surface area is 68.6 Å². The second kappa shape index (κ2) is 4.94. The van der Waals surface area contributed by atoms with Crippen molar-refractivity contribution < 1.29 is 30.6 Å². The highest BCUT2D eigenvalue weighted by atomic mass is 16.4. The molecule has 0 bridgehead atoms. The van der Waals surface area contributed by atoms with Crippen molar-refractivity contribution in [3.05, 3.63) is 11.5 Å². The molecule has 12 heavy (non-hydrogen) atoms. The Kier molecular flexibility index (Phi) is 4.60. The molecule has 0 spiro atoms. The number of aliphatic hydroxyl groups is 6. The molecule has 0 aliphatic carbocycles. The predicted molar refractivity (Wildman–Crippen MR) is 38.5 cm³/mol. The first-order valence-corrected chi connectivity index (χ1v) is 3.23. The van der Waals surface area contributed by atoms with Gasteiger partial charge in [0.1, 0.15) is 18.8 Å². The molecular weight excluding hydrogens is 168 g/mol. The molecule has 0 aromatic carbocycles. The Morgan fingerprint density at radius 1 is 1.08 bits per heavy atom. The third-order valence-electron chi connectivity index (χ3n) is 1.28. The van der Waals surface area contributed by atoms with E-state index in [0.29, 0.717) is 0 Å². The van der Waals surface area contributed by atoms with E-state index >= 15 is 0 Å². The summed E-state index contributed by atoms with van der Waals surface area (Å²) in [5.41, 5.74) is 0. The van der Waals surface area contributed by atoms with E-state index in [1.54, 1.807) is 0 Å². The number of rotatable bonds is 4. The molecule has 0 heterocycles. The zero-order valence-corrected chi connectivity index (χ0v) is 6.25. The second-order valence-corrected chi connectivity index (χ2v) is 2.18. The summed E-state index contributed by atoms with van der Waals surface area (Å²) in [7, 11) is 0. The monoisotopic (exact) mass is 180 g/mol. The van der Waals surface area contributed by atoms with Crippen molar-refractivity contribution in [2.45, 2.75) is 12.2 Å². The van der Waals surface area contributed by atoms with Gasteiger partial charge in [0.25, 0.3) is 0 Å². The van der Waals surface area contributed by atoms with E-state index in [9.17, 15) is 0 Å². The lowest BCUT2D eigenvalue weighted by molar-refractivity contribution is -0.0177. The van der Waals surface area contributed by atoms with Gasteiger partial charge in [0.05, 0.1) is 6.61 Å². The summed E-state index contributed by atoms with van der Waals surface area (Å²) >= 11 is 0. The fourth-order valence-electron chi connectivity index (χ4n) is 0.534. The molecule has 0 saturated heterocycles. The van der Waals surface area contributed by atoms with Crippen LogP contribution in [0, 0.1) is 0 Å². The van der Waals surface area contributed by atoms with Gasteiger partial charge in [-0.05, 0) is 0 Å². The minimum atomic E-state index is -1.79. The molecule has 6 N–H and O–H groups in total. The summed E-state index contributed by atoms with van der Waals surface area (Å²) in [4.78, 5) is 0. The second-order valence-electron chi connectivity index (χ2n) is 2.18. The van der Waals surface area contributed by atoms with E-state index < -0.39 is 36.9 Å². The van der Waals surface area contributed by atoms with Crippen LogP contribution in [0.15, 0.2) is 11.5 Å². The molecule has 0 amide bonds. The topological polar surface area (TPSA) is 121 Å². The van der Waals surface area contributed by atoms with Gasteiger partial charge in [-0.3, -0.25) is 0 Å². The minimum Gasteiger partial charge on any atom is -0.506 e. The Balaban J connectivity index is 4.36. The Hall–Kier alpha value is -0.820. The van der Waals surface area contributed by atoms with Crippen LogP contribution >= 0.6 is 0 Å². The molecule has 0 saturated carbocycles. The summed E-state index contributed by atoms with van der Waals surface area (Å²) in [6, 6.07) is 0. The minimum absolute atomic E-state index is 0.760. The van der Waals surface area contributed by atoms with Gasteiger partial charge in [-0.25, -0.2) is 0 Å². The Bertz CT molecular complexity index is 165. The largest absolute Gasteiger partial charge is 0.506 e. The maximum atomic E-state index is 8.90. The summed E-state index contributed by atoms with van der Waals surface area (Å²) in [6.07, 6.45) is -3.37. The first-order valence-electron chi connectivity index (χ1n) is 3.23. The van der Waals surface area contributed by atoms with E-state index in [0.717, 1.165) is 0 Å². The van der Waals surface area contributed by atoms with E-state index in [4.69, 9.17) is 30.6 Å². The average molecular weight is 180 g/mol. The van der Waals surface area contributed by atoms with Crippen LogP contribution < -0.4 is 0 Å². The number of aliphatic hydroxyl groups excluding tert-OH is 6. The maximum absolute atomic E-state index is 8.90. The van der Waals surface area contributed by atoms with Gasteiger partial charge < -0.3 is 30.6 Å². The third kappa shape index (κ3) is 2.67. The molecule has 0 rings (SSSR count). The molecule has 2 atom stereocenters. The van der Waals surface area contributed by atoms with E-state index in [-0.39, 0.29) is 0 Å². The van der Waals surface area contributed by atoms with E-state index in [2.05, 4.69) is 0 Å². The fourth-order valence-corrected chi connectivity index (χ4v) is 0.534. The van der Waals surface area contributed by atoms with Crippen molar-refractivity contribution >= 4 is 0 Å². The lowest BCUT2D eigenvalue weighted by atomic mass is 10.1. The maximum Gasteiger partial charge on any atom is 0.164 e. The first-order chi connectivity index (χ1) is 5.54. The molecule has 0 fully saturated rings. The Morgan fingerprint density at radius 2 is 1.58 bits per heavy atom. The van der Waals surface area contributed by atoms with Gasteiger partial charge in [-0.1, -0.05) is 0 Å². The van der Waals surface area contributed by atoms with Crippen molar-refractivity contribution in [2.24, 2.45) is 0 Å². The number of hydrogen-bond donors (Lipinski definition) is 6. The highest BCUT2D eigenvalue weighted by molar-refractivity contribution is 5.05. The lowest BCUT2D eigenvalue weighted by Gasteiger charge is -2.15. The lowest BCUT2D eigenvalue weighted by Crippen LogP contribution is -2.32. The van der Waals surface area contributed by atoms with Crippen molar-refractivity contribution in [3.63, 3.8) is 0 Å². The molecule has 72 valence electrons. The van der Waals surface area contributed by atoms with Crippen LogP contribution in [-0.4, -0.2) is 56.1 Å². The molecule has 6 nitrogen and oxygen atoms in total. The molecule has 0 aliphatic heterocycles. The van der Waals surface area contributed by atoms with Gasteiger partial charge in [0, 0.05) is 0 Å². The fraction of sp³-hybridized carbons (Fsp3) is 0.667. The summed E-state index contributed by atoms with van der Waals surface area (Å²) in [5, 5.41) is 51.8. The van der Waals surface area contributed by atoms with Crippen LogP contribution in [0.3, 0.4) is 0 Å². The zero-order valence-electron chi connectivity index (χ0n) is 6.25. The molecule has 0 aliphatic rings. The average Bonchev–Trinajstić information content (AvgIpc) is 2.12. The van der Waals surface area contributed by atoms with Crippen LogP contribution in [0.2, 0.25) is 0 Å². The van der Waals surface area contributed by atoms with E-state index in [1.807, 2.05) is 0 Å². The molecular formula is C6H12O6. The molecule has 0 aromatic rings. The first kappa shape index (κ1) is 11.2.